The highest BCUT2D eigenvalue weighted by Crippen LogP contribution is 2.37. The van der Waals surface area contributed by atoms with Gasteiger partial charge in [-0.2, -0.15) is 4.72 Å². The molecule has 3 N–H and O–H groups in total. The van der Waals surface area contributed by atoms with Gasteiger partial charge in [0.05, 0.1) is 4.90 Å². The Hall–Kier alpha value is -1.74. The predicted molar refractivity (Wildman–Crippen MR) is 111 cm³/mol. The molecule has 0 aliphatic carbocycles. The van der Waals surface area contributed by atoms with E-state index >= 15 is 0 Å². The number of halogens is 1. The molecular formula is C20H23BrN2O4S. The van der Waals surface area contributed by atoms with Crippen molar-refractivity contribution in [1.29, 1.82) is 0 Å². The summed E-state index contributed by atoms with van der Waals surface area (Å²) in [5.41, 5.74) is 1.08. The van der Waals surface area contributed by atoms with Gasteiger partial charge in [0.25, 0.3) is 0 Å². The molecular weight excluding hydrogens is 444 g/mol. The molecule has 3 rings (SSSR count). The van der Waals surface area contributed by atoms with Crippen LogP contribution in [0.2, 0.25) is 0 Å². The summed E-state index contributed by atoms with van der Waals surface area (Å²) in [6, 6.07) is 10.8. The molecule has 0 spiro atoms. The number of rotatable bonds is 5. The van der Waals surface area contributed by atoms with Gasteiger partial charge in [0.1, 0.15) is 0 Å². The maximum absolute atomic E-state index is 13.3. The highest BCUT2D eigenvalue weighted by molar-refractivity contribution is 9.10. The van der Waals surface area contributed by atoms with Gasteiger partial charge in [0.2, 0.25) is 10.0 Å². The lowest BCUT2D eigenvalue weighted by atomic mass is 9.87. The summed E-state index contributed by atoms with van der Waals surface area (Å²) in [5, 5.41) is 13.0. The average molecular weight is 467 g/mol. The summed E-state index contributed by atoms with van der Waals surface area (Å²) in [7, 11) is -4.08. The van der Waals surface area contributed by atoms with Crippen LogP contribution >= 0.6 is 15.9 Å². The Morgan fingerprint density at radius 2 is 1.75 bits per heavy atom. The number of aliphatic carboxylic acids is 1. The summed E-state index contributed by atoms with van der Waals surface area (Å²) in [6.45, 7) is 5.72. The van der Waals surface area contributed by atoms with Crippen LogP contribution in [0.1, 0.15) is 34.6 Å². The van der Waals surface area contributed by atoms with Crippen LogP contribution in [0.4, 0.5) is 0 Å². The first-order valence-electron chi connectivity index (χ1n) is 8.92. The van der Waals surface area contributed by atoms with Crippen molar-refractivity contribution < 1.29 is 18.3 Å². The van der Waals surface area contributed by atoms with Gasteiger partial charge in [-0.05, 0) is 62.6 Å². The third-order valence-corrected chi connectivity index (χ3v) is 7.44. The normalized spacial score (nSPS) is 22.4. The predicted octanol–water partition coefficient (Wildman–Crippen LogP) is 3.21. The highest BCUT2D eigenvalue weighted by atomic mass is 79.9. The van der Waals surface area contributed by atoms with E-state index in [0.29, 0.717) is 24.1 Å². The van der Waals surface area contributed by atoms with E-state index in [9.17, 15) is 18.3 Å². The Balaban J connectivity index is 2.08. The van der Waals surface area contributed by atoms with E-state index in [4.69, 9.17) is 0 Å². The van der Waals surface area contributed by atoms with Gasteiger partial charge in [-0.15, -0.1) is 0 Å². The summed E-state index contributed by atoms with van der Waals surface area (Å²) in [4.78, 5) is 12.4. The lowest BCUT2D eigenvalue weighted by molar-refractivity contribution is -0.145. The topological polar surface area (TPSA) is 95.5 Å². The molecule has 1 fully saturated rings. The number of benzene rings is 2. The van der Waals surface area contributed by atoms with Crippen molar-refractivity contribution in [2.45, 2.75) is 43.7 Å². The fraction of sp³-hybridized carbons (Fsp3) is 0.350. The van der Waals surface area contributed by atoms with Crippen LogP contribution in [-0.4, -0.2) is 31.7 Å². The number of sulfonamides is 1. The standard InChI is InChI=1S/C20H23BrN2O4S/c1-12-10-13(2)18(14(3)11-12)28(26,27)23-20(19(24)25)17(8-9-22-20)15-4-6-16(21)7-5-15/h4-7,10-11,17,22-23H,8-9H2,1-3H3,(H,24,25). The number of nitrogens with one attached hydrogen (secondary N) is 2. The number of carboxylic acid groups (broad SMARTS) is 1. The Bertz CT molecular complexity index is 998. The van der Waals surface area contributed by atoms with Crippen LogP contribution in [0.25, 0.3) is 0 Å². The Labute approximate surface area is 173 Å². The van der Waals surface area contributed by atoms with Gasteiger partial charge in [-0.25, -0.2) is 13.2 Å². The zero-order valence-electron chi connectivity index (χ0n) is 15.9. The van der Waals surface area contributed by atoms with Crippen molar-refractivity contribution in [2.75, 3.05) is 6.54 Å². The molecule has 1 saturated heterocycles. The molecule has 6 nitrogen and oxygen atoms in total. The van der Waals surface area contributed by atoms with E-state index < -0.39 is 27.6 Å². The summed E-state index contributed by atoms with van der Waals surface area (Å²) < 4.78 is 29.9. The number of hydrogen-bond donors (Lipinski definition) is 3. The largest absolute Gasteiger partial charge is 0.479 e. The molecule has 1 heterocycles. The average Bonchev–Trinajstić information content (AvgIpc) is 2.98. The van der Waals surface area contributed by atoms with Crippen molar-refractivity contribution in [1.82, 2.24) is 10.0 Å². The Kier molecular flexibility index (Phi) is 5.69. The molecule has 0 saturated carbocycles. The quantitative estimate of drug-likeness (QED) is 0.628. The second-order valence-corrected chi connectivity index (χ2v) is 9.80. The van der Waals surface area contributed by atoms with Gasteiger partial charge in [0, 0.05) is 10.4 Å². The minimum atomic E-state index is -4.08. The Morgan fingerprint density at radius 3 is 2.29 bits per heavy atom. The molecule has 28 heavy (non-hydrogen) atoms. The number of hydrogen-bond acceptors (Lipinski definition) is 4. The van der Waals surface area contributed by atoms with Crippen molar-refractivity contribution in [3.05, 3.63) is 63.1 Å². The second-order valence-electron chi connectivity index (χ2n) is 7.27. The van der Waals surface area contributed by atoms with E-state index in [1.54, 1.807) is 26.0 Å². The van der Waals surface area contributed by atoms with Crippen molar-refractivity contribution in [3.8, 4) is 0 Å². The van der Waals surface area contributed by atoms with Gasteiger partial charge >= 0.3 is 5.97 Å². The summed E-state index contributed by atoms with van der Waals surface area (Å²) in [6.07, 6.45) is 0.502. The molecule has 0 amide bonds. The number of carboxylic acids is 1. The van der Waals surface area contributed by atoms with Crippen molar-refractivity contribution in [2.24, 2.45) is 0 Å². The molecule has 2 unspecified atom stereocenters. The molecule has 150 valence electrons. The first-order chi connectivity index (χ1) is 13.1. The van der Waals surface area contributed by atoms with Crippen molar-refractivity contribution in [3.63, 3.8) is 0 Å². The lowest BCUT2D eigenvalue weighted by Gasteiger charge is -2.32. The Morgan fingerprint density at radius 1 is 1.18 bits per heavy atom. The van der Waals surface area contributed by atoms with Gasteiger partial charge in [0.15, 0.2) is 5.66 Å². The van der Waals surface area contributed by atoms with Crippen LogP contribution in [0, 0.1) is 20.8 Å². The number of aryl methyl sites for hydroxylation is 3. The maximum Gasteiger partial charge on any atom is 0.340 e. The zero-order chi connectivity index (χ0) is 20.7. The molecule has 0 aromatic heterocycles. The zero-order valence-corrected chi connectivity index (χ0v) is 18.3. The SMILES string of the molecule is Cc1cc(C)c(S(=O)(=O)NC2(C(=O)O)NCCC2c2ccc(Br)cc2)c(C)c1. The highest BCUT2D eigenvalue weighted by Gasteiger charge is 2.53. The van der Waals surface area contributed by atoms with E-state index in [2.05, 4.69) is 26.0 Å². The molecule has 2 aromatic rings. The van der Waals surface area contributed by atoms with E-state index in [1.165, 1.54) is 0 Å². The van der Waals surface area contributed by atoms with Gasteiger partial charge < -0.3 is 5.11 Å². The smallest absolute Gasteiger partial charge is 0.340 e. The molecule has 0 radical (unpaired) electrons. The molecule has 1 aliphatic heterocycles. The summed E-state index contributed by atoms with van der Waals surface area (Å²) >= 11 is 3.37. The van der Waals surface area contributed by atoms with E-state index in [0.717, 1.165) is 15.6 Å². The maximum atomic E-state index is 13.3. The van der Waals surface area contributed by atoms with Gasteiger partial charge in [-0.3, -0.25) is 5.32 Å². The molecule has 1 aliphatic rings. The van der Waals surface area contributed by atoms with E-state index in [1.807, 2.05) is 31.2 Å². The van der Waals surface area contributed by atoms with Crippen LogP contribution in [0.15, 0.2) is 45.8 Å². The molecule has 8 heteroatoms. The fourth-order valence-corrected chi connectivity index (χ4v) is 6.15. The minimum absolute atomic E-state index is 0.127. The van der Waals surface area contributed by atoms with E-state index in [-0.39, 0.29) is 4.90 Å². The first kappa shape index (κ1) is 21.0. The van der Waals surface area contributed by atoms with Crippen LogP contribution in [-0.2, 0) is 14.8 Å². The number of carbonyl (C=O) groups is 1. The summed E-state index contributed by atoms with van der Waals surface area (Å²) in [5.74, 6) is -1.79. The monoisotopic (exact) mass is 466 g/mol. The molecule has 0 bridgehead atoms. The lowest BCUT2D eigenvalue weighted by Crippen LogP contribution is -2.63. The molecule has 2 atom stereocenters. The second kappa shape index (κ2) is 7.59. The van der Waals surface area contributed by atoms with Gasteiger partial charge in [-0.1, -0.05) is 45.8 Å². The van der Waals surface area contributed by atoms with Crippen LogP contribution in [0.5, 0.6) is 0 Å². The fourth-order valence-electron chi connectivity index (χ4n) is 4.09. The van der Waals surface area contributed by atoms with Crippen LogP contribution < -0.4 is 10.0 Å². The van der Waals surface area contributed by atoms with Crippen molar-refractivity contribution >= 4 is 31.9 Å². The minimum Gasteiger partial charge on any atom is -0.479 e. The molecule has 2 aromatic carbocycles. The first-order valence-corrected chi connectivity index (χ1v) is 11.2. The third kappa shape index (κ3) is 3.74. The van der Waals surface area contributed by atoms with Crippen LogP contribution in [0.3, 0.4) is 0 Å². The third-order valence-electron chi connectivity index (χ3n) is 5.14.